The van der Waals surface area contributed by atoms with Gasteiger partial charge in [-0.05, 0) is 12.1 Å². The van der Waals surface area contributed by atoms with E-state index in [0.717, 1.165) is 17.2 Å². The Labute approximate surface area is 117 Å². The smallest absolute Gasteiger partial charge is 0.313 e. The van der Waals surface area contributed by atoms with Crippen molar-refractivity contribution in [3.05, 3.63) is 46.3 Å². The van der Waals surface area contributed by atoms with E-state index in [2.05, 4.69) is 20.5 Å². The lowest BCUT2D eigenvalue weighted by Gasteiger charge is -2.03. The van der Waals surface area contributed by atoms with E-state index in [1.807, 2.05) is 24.3 Å². The minimum Gasteiger partial charge on any atom is -0.313 e. The van der Waals surface area contributed by atoms with E-state index in [-0.39, 0.29) is 11.4 Å². The van der Waals surface area contributed by atoms with Gasteiger partial charge in [-0.15, -0.1) is 0 Å². The number of aryl methyl sites for hydroxylation is 1. The van der Waals surface area contributed by atoms with Crippen LogP contribution in [0, 0.1) is 10.1 Å². The summed E-state index contributed by atoms with van der Waals surface area (Å²) in [5, 5.41) is 19.2. The zero-order chi connectivity index (χ0) is 15.0. The summed E-state index contributed by atoms with van der Waals surface area (Å²) in [6.45, 7) is 0. The van der Waals surface area contributed by atoms with Gasteiger partial charge in [0.05, 0.1) is 16.0 Å². The molecular formula is C12H10N6O3. The van der Waals surface area contributed by atoms with E-state index < -0.39 is 10.8 Å². The standard InChI is InChI=1S/C12H10N6O3/c1-17-8-5-3-2-4-7(8)14-12(17)15-11(19)10-9(18(20)21)6-13-16-10/h2-6H,1H3,(H,13,16)(H,14,15,19). The van der Waals surface area contributed by atoms with E-state index in [1.54, 1.807) is 11.6 Å². The molecule has 9 nitrogen and oxygen atoms in total. The van der Waals surface area contributed by atoms with Crippen molar-refractivity contribution in [2.45, 2.75) is 0 Å². The number of imidazole rings is 1. The van der Waals surface area contributed by atoms with Gasteiger partial charge >= 0.3 is 5.69 Å². The first-order valence-electron chi connectivity index (χ1n) is 5.98. The molecule has 0 unspecified atom stereocenters. The van der Waals surface area contributed by atoms with Gasteiger partial charge in [-0.25, -0.2) is 4.98 Å². The van der Waals surface area contributed by atoms with Gasteiger partial charge in [-0.3, -0.25) is 25.3 Å². The molecule has 0 atom stereocenters. The molecule has 2 N–H and O–H groups in total. The predicted molar refractivity (Wildman–Crippen MR) is 73.9 cm³/mol. The predicted octanol–water partition coefficient (Wildman–Crippen LogP) is 1.46. The molecule has 2 aromatic heterocycles. The van der Waals surface area contributed by atoms with Crippen molar-refractivity contribution in [3.63, 3.8) is 0 Å². The van der Waals surface area contributed by atoms with E-state index in [1.165, 1.54) is 0 Å². The molecule has 3 rings (SSSR count). The molecule has 21 heavy (non-hydrogen) atoms. The zero-order valence-corrected chi connectivity index (χ0v) is 10.9. The number of aromatic amines is 1. The van der Waals surface area contributed by atoms with Crippen LogP contribution in [0.4, 0.5) is 11.6 Å². The summed E-state index contributed by atoms with van der Waals surface area (Å²) < 4.78 is 1.69. The molecule has 0 saturated carbocycles. The van der Waals surface area contributed by atoms with Crippen LogP contribution < -0.4 is 5.32 Å². The molecule has 0 saturated heterocycles. The van der Waals surface area contributed by atoms with Gasteiger partial charge in [0, 0.05) is 7.05 Å². The molecule has 0 radical (unpaired) electrons. The van der Waals surface area contributed by atoms with Gasteiger partial charge in [0.25, 0.3) is 5.91 Å². The molecule has 1 amide bonds. The van der Waals surface area contributed by atoms with E-state index >= 15 is 0 Å². The Kier molecular flexibility index (Phi) is 2.87. The Morgan fingerprint density at radius 3 is 2.90 bits per heavy atom. The number of rotatable bonds is 3. The van der Waals surface area contributed by atoms with Crippen LogP contribution in [0.2, 0.25) is 0 Å². The summed E-state index contributed by atoms with van der Waals surface area (Å²) in [6.07, 6.45) is 0.990. The maximum Gasteiger partial charge on any atom is 0.319 e. The number of anilines is 1. The van der Waals surface area contributed by atoms with Crippen molar-refractivity contribution in [2.24, 2.45) is 7.05 Å². The molecule has 106 valence electrons. The molecule has 2 heterocycles. The van der Waals surface area contributed by atoms with Gasteiger partial charge < -0.3 is 4.57 Å². The number of hydrogen-bond acceptors (Lipinski definition) is 5. The maximum absolute atomic E-state index is 12.1. The minimum atomic E-state index is -0.673. The van der Waals surface area contributed by atoms with Crippen molar-refractivity contribution < 1.29 is 9.72 Å². The average Bonchev–Trinajstić information content (AvgIpc) is 3.05. The van der Waals surface area contributed by atoms with Crippen molar-refractivity contribution in [2.75, 3.05) is 5.32 Å². The first kappa shape index (κ1) is 12.8. The quantitative estimate of drug-likeness (QED) is 0.558. The van der Waals surface area contributed by atoms with Crippen LogP contribution in [0.3, 0.4) is 0 Å². The van der Waals surface area contributed by atoms with Gasteiger partial charge in [-0.2, -0.15) is 5.10 Å². The lowest BCUT2D eigenvalue weighted by molar-refractivity contribution is -0.385. The second kappa shape index (κ2) is 4.71. The van der Waals surface area contributed by atoms with Crippen LogP contribution in [-0.2, 0) is 7.05 Å². The summed E-state index contributed by atoms with van der Waals surface area (Å²) in [7, 11) is 1.74. The molecule has 9 heteroatoms. The fourth-order valence-electron chi connectivity index (χ4n) is 2.01. The van der Waals surface area contributed by atoms with E-state index in [0.29, 0.717) is 5.95 Å². The number of nitrogens with zero attached hydrogens (tertiary/aromatic N) is 4. The van der Waals surface area contributed by atoms with Crippen molar-refractivity contribution >= 4 is 28.6 Å². The first-order chi connectivity index (χ1) is 10.1. The Hall–Kier alpha value is -3.23. The number of carbonyl (C=O) groups excluding carboxylic acids is 1. The van der Waals surface area contributed by atoms with Crippen LogP contribution in [0.25, 0.3) is 11.0 Å². The van der Waals surface area contributed by atoms with Crippen molar-refractivity contribution in [1.82, 2.24) is 19.7 Å². The number of amides is 1. The van der Waals surface area contributed by atoms with Crippen molar-refractivity contribution in [1.29, 1.82) is 0 Å². The van der Waals surface area contributed by atoms with E-state index in [4.69, 9.17) is 0 Å². The summed E-state index contributed by atoms with van der Waals surface area (Å²) in [5.74, 6) is -0.372. The van der Waals surface area contributed by atoms with Crippen molar-refractivity contribution in [3.8, 4) is 0 Å². The Morgan fingerprint density at radius 1 is 1.43 bits per heavy atom. The molecule has 0 fully saturated rings. The Bertz CT molecular complexity index is 850. The van der Waals surface area contributed by atoms with Crippen LogP contribution in [0.1, 0.15) is 10.5 Å². The maximum atomic E-state index is 12.1. The Morgan fingerprint density at radius 2 is 2.19 bits per heavy atom. The number of H-pyrrole nitrogens is 1. The lowest BCUT2D eigenvalue weighted by Crippen LogP contribution is -2.16. The number of aromatic nitrogens is 4. The number of nitrogens with one attached hydrogen (secondary N) is 2. The molecule has 1 aromatic carbocycles. The number of nitro groups is 1. The highest BCUT2D eigenvalue weighted by atomic mass is 16.6. The summed E-state index contributed by atoms with van der Waals surface area (Å²) in [6, 6.07) is 7.36. The lowest BCUT2D eigenvalue weighted by atomic mass is 10.3. The molecule has 0 aliphatic rings. The Balaban J connectivity index is 1.95. The summed E-state index contributed by atoms with van der Waals surface area (Å²) in [4.78, 5) is 26.5. The van der Waals surface area contributed by atoms with E-state index in [9.17, 15) is 14.9 Å². The highest BCUT2D eigenvalue weighted by Gasteiger charge is 2.24. The fourth-order valence-corrected chi connectivity index (χ4v) is 2.01. The second-order valence-corrected chi connectivity index (χ2v) is 4.32. The monoisotopic (exact) mass is 286 g/mol. The first-order valence-corrected chi connectivity index (χ1v) is 5.98. The topological polar surface area (TPSA) is 119 Å². The molecular weight excluding hydrogens is 276 g/mol. The van der Waals surface area contributed by atoms with Crippen LogP contribution in [-0.4, -0.2) is 30.6 Å². The third-order valence-corrected chi connectivity index (χ3v) is 3.06. The highest BCUT2D eigenvalue weighted by molar-refractivity contribution is 6.05. The van der Waals surface area contributed by atoms with Gasteiger partial charge in [0.15, 0.2) is 0 Å². The van der Waals surface area contributed by atoms with Gasteiger partial charge in [-0.1, -0.05) is 12.1 Å². The van der Waals surface area contributed by atoms with Gasteiger partial charge in [0.2, 0.25) is 11.6 Å². The van der Waals surface area contributed by atoms with Crippen LogP contribution in [0.5, 0.6) is 0 Å². The third-order valence-electron chi connectivity index (χ3n) is 3.06. The average molecular weight is 286 g/mol. The number of carbonyl (C=O) groups is 1. The molecule has 0 aliphatic carbocycles. The number of fused-ring (bicyclic) bond motifs is 1. The fraction of sp³-hybridized carbons (Fsp3) is 0.0833. The van der Waals surface area contributed by atoms with Crippen LogP contribution in [0.15, 0.2) is 30.5 Å². The highest BCUT2D eigenvalue weighted by Crippen LogP contribution is 2.20. The molecule has 0 bridgehead atoms. The SMILES string of the molecule is Cn1c(NC(=O)c2[nH]ncc2[N+](=O)[O-])nc2ccccc21. The zero-order valence-electron chi connectivity index (χ0n) is 10.9. The summed E-state index contributed by atoms with van der Waals surface area (Å²) in [5.41, 5.74) is 0.958. The minimum absolute atomic E-state index is 0.216. The largest absolute Gasteiger partial charge is 0.319 e. The second-order valence-electron chi connectivity index (χ2n) is 4.32. The number of benzene rings is 1. The molecule has 3 aromatic rings. The summed E-state index contributed by atoms with van der Waals surface area (Å²) >= 11 is 0. The molecule has 0 aliphatic heterocycles. The van der Waals surface area contributed by atoms with Gasteiger partial charge in [0.1, 0.15) is 6.20 Å². The number of para-hydroxylation sites is 2. The molecule has 0 spiro atoms. The van der Waals surface area contributed by atoms with Crippen LogP contribution >= 0.6 is 0 Å². The normalized spacial score (nSPS) is 10.7. The number of hydrogen-bond donors (Lipinski definition) is 2. The third kappa shape index (κ3) is 2.10.